The number of carboxylic acid groups (broad SMARTS) is 1. The van der Waals surface area contributed by atoms with E-state index in [1.54, 1.807) is 0 Å². The molecule has 0 radical (unpaired) electrons. The summed E-state index contributed by atoms with van der Waals surface area (Å²) in [7, 11) is 0. The van der Waals surface area contributed by atoms with E-state index < -0.39 is 5.97 Å². The van der Waals surface area contributed by atoms with Crippen LogP contribution in [0.4, 0.5) is 0 Å². The Bertz CT molecular complexity index is 257. The summed E-state index contributed by atoms with van der Waals surface area (Å²) in [5.74, 6) is 7.90. The number of carbonyl (C=O) groups is 1. The van der Waals surface area contributed by atoms with Gasteiger partial charge in [0.15, 0.2) is 0 Å². The highest BCUT2D eigenvalue weighted by atomic mass is 16.4. The van der Waals surface area contributed by atoms with Gasteiger partial charge in [-0.15, -0.1) is 0 Å². The summed E-state index contributed by atoms with van der Waals surface area (Å²) < 4.78 is 0. The third-order valence-electron chi connectivity index (χ3n) is 1.47. The van der Waals surface area contributed by atoms with Gasteiger partial charge < -0.3 is 9.90 Å². The van der Waals surface area contributed by atoms with Gasteiger partial charge >= 0.3 is 0 Å². The largest absolute Gasteiger partial charge is 0.537 e. The lowest BCUT2D eigenvalue weighted by molar-refractivity contribution is -0.295. The van der Waals surface area contributed by atoms with Crippen molar-refractivity contribution in [3.05, 3.63) is 0 Å². The van der Waals surface area contributed by atoms with Crippen molar-refractivity contribution in [1.29, 1.82) is 0 Å². The van der Waals surface area contributed by atoms with Crippen LogP contribution in [0.25, 0.3) is 0 Å². The molecule has 0 N–H and O–H groups in total. The molecule has 0 aliphatic rings. The smallest absolute Gasteiger partial charge is 0.117 e. The third-order valence-corrected chi connectivity index (χ3v) is 1.47. The fraction of sp³-hybridized carbons (Fsp3) is 0.545. The standard InChI is InChI=1S/C11H14O2/c1-2-3-4-5-6-7-8-9-10-11(12)13/h2-6H2,1H3,(H,12,13)/p-1. The molecule has 70 valence electrons. The Balaban J connectivity index is 3.42. The Labute approximate surface area is 79.3 Å². The quantitative estimate of drug-likeness (QED) is 0.469. The molecular formula is C11H13O2-. The van der Waals surface area contributed by atoms with Crippen molar-refractivity contribution in [2.45, 2.75) is 39.0 Å². The van der Waals surface area contributed by atoms with Gasteiger partial charge in [0.05, 0.1) is 0 Å². The first-order valence-electron chi connectivity index (χ1n) is 4.47. The zero-order chi connectivity index (χ0) is 9.94. The van der Waals surface area contributed by atoms with Crippen molar-refractivity contribution in [2.75, 3.05) is 0 Å². The van der Waals surface area contributed by atoms with E-state index in [1.165, 1.54) is 19.3 Å². The first-order valence-corrected chi connectivity index (χ1v) is 4.47. The van der Waals surface area contributed by atoms with Crippen molar-refractivity contribution in [1.82, 2.24) is 0 Å². The molecule has 0 saturated heterocycles. The molecule has 0 bridgehead atoms. The molecule has 0 aromatic rings. The molecule has 0 aromatic heterocycles. The SMILES string of the molecule is CCCCCCC#CC#CC(=O)[O-]. The summed E-state index contributed by atoms with van der Waals surface area (Å²) >= 11 is 0. The number of hydrogen-bond donors (Lipinski definition) is 0. The number of carbonyl (C=O) groups excluding carboxylic acids is 1. The van der Waals surface area contributed by atoms with Crippen molar-refractivity contribution in [3.8, 4) is 23.7 Å². The summed E-state index contributed by atoms with van der Waals surface area (Å²) in [4.78, 5) is 9.82. The van der Waals surface area contributed by atoms with E-state index in [9.17, 15) is 9.90 Å². The Kier molecular flexibility index (Phi) is 7.74. The average Bonchev–Trinajstić information content (AvgIpc) is 2.09. The molecule has 0 aromatic carbocycles. The van der Waals surface area contributed by atoms with Crippen LogP contribution in [0.1, 0.15) is 39.0 Å². The van der Waals surface area contributed by atoms with E-state index in [0.29, 0.717) is 0 Å². The van der Waals surface area contributed by atoms with E-state index in [4.69, 9.17) is 0 Å². The highest BCUT2D eigenvalue weighted by Crippen LogP contribution is 2.00. The van der Waals surface area contributed by atoms with E-state index in [2.05, 4.69) is 24.7 Å². The molecule has 0 unspecified atom stereocenters. The summed E-state index contributed by atoms with van der Waals surface area (Å²) in [5, 5.41) is 9.82. The van der Waals surface area contributed by atoms with Crippen LogP contribution in [0.2, 0.25) is 0 Å². The number of unbranched alkanes of at least 4 members (excludes halogenated alkanes) is 4. The van der Waals surface area contributed by atoms with Crippen molar-refractivity contribution in [3.63, 3.8) is 0 Å². The second-order valence-electron chi connectivity index (χ2n) is 2.65. The van der Waals surface area contributed by atoms with E-state index in [1.807, 2.05) is 5.92 Å². The number of aliphatic carboxylic acids is 1. The third kappa shape index (κ3) is 10.6. The normalized spacial score (nSPS) is 7.77. The number of hydrogen-bond acceptors (Lipinski definition) is 2. The van der Waals surface area contributed by atoms with Crippen LogP contribution >= 0.6 is 0 Å². The summed E-state index contributed by atoms with van der Waals surface area (Å²) in [5.41, 5.74) is 0. The number of rotatable bonds is 4. The average molecular weight is 177 g/mol. The van der Waals surface area contributed by atoms with Gasteiger partial charge in [-0.05, 0) is 24.2 Å². The van der Waals surface area contributed by atoms with Gasteiger partial charge in [0.2, 0.25) is 0 Å². The Hall–Kier alpha value is -1.41. The summed E-state index contributed by atoms with van der Waals surface area (Å²) in [6, 6.07) is 0. The molecule has 0 fully saturated rings. The van der Waals surface area contributed by atoms with Crippen LogP contribution in [0, 0.1) is 23.7 Å². The van der Waals surface area contributed by atoms with E-state index in [-0.39, 0.29) is 0 Å². The van der Waals surface area contributed by atoms with Crippen molar-refractivity contribution < 1.29 is 9.90 Å². The van der Waals surface area contributed by atoms with Gasteiger partial charge in [0, 0.05) is 6.42 Å². The lowest BCUT2D eigenvalue weighted by Crippen LogP contribution is -2.19. The molecular weight excluding hydrogens is 164 g/mol. The van der Waals surface area contributed by atoms with Crippen molar-refractivity contribution in [2.24, 2.45) is 0 Å². The van der Waals surface area contributed by atoms with Crippen LogP contribution in [0.5, 0.6) is 0 Å². The minimum atomic E-state index is -1.37. The highest BCUT2D eigenvalue weighted by Gasteiger charge is 1.82. The fourth-order valence-electron chi connectivity index (χ4n) is 0.829. The summed E-state index contributed by atoms with van der Waals surface area (Å²) in [6.07, 6.45) is 5.47. The Morgan fingerprint density at radius 2 is 2.00 bits per heavy atom. The molecule has 0 aliphatic heterocycles. The zero-order valence-electron chi connectivity index (χ0n) is 7.85. The van der Waals surface area contributed by atoms with Gasteiger partial charge in [-0.2, -0.15) is 0 Å². The zero-order valence-corrected chi connectivity index (χ0v) is 7.85. The van der Waals surface area contributed by atoms with Gasteiger partial charge in [0.25, 0.3) is 0 Å². The molecule has 0 aliphatic carbocycles. The summed E-state index contributed by atoms with van der Waals surface area (Å²) in [6.45, 7) is 2.15. The Morgan fingerprint density at radius 3 is 2.62 bits per heavy atom. The predicted octanol–water partition coefficient (Wildman–Crippen LogP) is 0.714. The molecule has 0 rings (SSSR count). The molecule has 0 amide bonds. The molecule has 0 heterocycles. The van der Waals surface area contributed by atoms with E-state index >= 15 is 0 Å². The lowest BCUT2D eigenvalue weighted by atomic mass is 10.2. The predicted molar refractivity (Wildman–Crippen MR) is 49.3 cm³/mol. The van der Waals surface area contributed by atoms with Gasteiger partial charge in [-0.3, -0.25) is 0 Å². The fourth-order valence-corrected chi connectivity index (χ4v) is 0.829. The highest BCUT2D eigenvalue weighted by molar-refractivity contribution is 5.85. The molecule has 0 atom stereocenters. The van der Waals surface area contributed by atoms with Crippen LogP contribution in [-0.4, -0.2) is 5.97 Å². The first kappa shape index (κ1) is 11.6. The van der Waals surface area contributed by atoms with Crippen LogP contribution in [0.15, 0.2) is 0 Å². The molecule has 0 spiro atoms. The monoisotopic (exact) mass is 177 g/mol. The maximum Gasteiger partial charge on any atom is 0.117 e. The molecule has 0 saturated carbocycles. The molecule has 2 nitrogen and oxygen atoms in total. The Morgan fingerprint density at radius 1 is 1.23 bits per heavy atom. The molecule has 2 heteroatoms. The van der Waals surface area contributed by atoms with Crippen LogP contribution in [0.3, 0.4) is 0 Å². The minimum Gasteiger partial charge on any atom is -0.537 e. The van der Waals surface area contributed by atoms with Crippen molar-refractivity contribution >= 4 is 5.97 Å². The van der Waals surface area contributed by atoms with Crippen LogP contribution < -0.4 is 5.11 Å². The second kappa shape index (κ2) is 8.68. The topological polar surface area (TPSA) is 40.1 Å². The second-order valence-corrected chi connectivity index (χ2v) is 2.65. The number of carboxylic acids is 1. The lowest BCUT2D eigenvalue weighted by Gasteiger charge is -1.90. The van der Waals surface area contributed by atoms with Gasteiger partial charge in [-0.1, -0.05) is 32.1 Å². The van der Waals surface area contributed by atoms with Gasteiger partial charge in [-0.25, -0.2) is 0 Å². The van der Waals surface area contributed by atoms with Gasteiger partial charge in [0.1, 0.15) is 5.97 Å². The first-order chi connectivity index (χ1) is 6.27. The van der Waals surface area contributed by atoms with E-state index in [0.717, 1.165) is 12.8 Å². The maximum atomic E-state index is 9.82. The molecule has 13 heavy (non-hydrogen) atoms. The minimum absolute atomic E-state index is 0.793. The van der Waals surface area contributed by atoms with Crippen LogP contribution in [-0.2, 0) is 4.79 Å². The maximum absolute atomic E-state index is 9.82.